The van der Waals surface area contributed by atoms with E-state index in [2.05, 4.69) is 5.32 Å². The number of hydrogen-bond acceptors (Lipinski definition) is 6. The SMILES string of the molecule is COc1ccc([C@H]2C(C(=O)Nc3ccc(C)cc3C)=C(C)N=c3s/c(=C/c4ccc(-c5ccccc5)o4)c(=O)n32)cc1. The minimum atomic E-state index is -0.684. The number of anilines is 1. The van der Waals surface area contributed by atoms with Crippen LogP contribution in [0.5, 0.6) is 5.75 Å². The van der Waals surface area contributed by atoms with Gasteiger partial charge in [0.1, 0.15) is 17.3 Å². The maximum Gasteiger partial charge on any atom is 0.271 e. The summed E-state index contributed by atoms with van der Waals surface area (Å²) in [4.78, 5) is 33.1. The van der Waals surface area contributed by atoms with Crippen molar-refractivity contribution >= 4 is 29.0 Å². The maximum atomic E-state index is 14.0. The van der Waals surface area contributed by atoms with Crippen LogP contribution in [0.25, 0.3) is 17.4 Å². The molecule has 1 aliphatic heterocycles. The van der Waals surface area contributed by atoms with Crippen molar-refractivity contribution in [1.82, 2.24) is 4.57 Å². The molecule has 210 valence electrons. The lowest BCUT2D eigenvalue weighted by Crippen LogP contribution is -2.40. The molecule has 3 heterocycles. The number of hydrogen-bond donors (Lipinski definition) is 1. The first-order chi connectivity index (χ1) is 20.3. The second-order valence-corrected chi connectivity index (χ2v) is 11.2. The molecule has 0 spiro atoms. The topological polar surface area (TPSA) is 85.8 Å². The number of thiazole rings is 1. The van der Waals surface area contributed by atoms with Crippen LogP contribution < -0.4 is 24.9 Å². The van der Waals surface area contributed by atoms with E-state index in [0.717, 1.165) is 22.3 Å². The molecule has 1 atom stereocenters. The Morgan fingerprint density at radius 3 is 2.48 bits per heavy atom. The summed E-state index contributed by atoms with van der Waals surface area (Å²) in [7, 11) is 1.60. The smallest absolute Gasteiger partial charge is 0.271 e. The van der Waals surface area contributed by atoms with Crippen LogP contribution in [0.15, 0.2) is 110 Å². The van der Waals surface area contributed by atoms with Crippen molar-refractivity contribution < 1.29 is 13.9 Å². The first-order valence-electron chi connectivity index (χ1n) is 13.5. The van der Waals surface area contributed by atoms with Crippen molar-refractivity contribution in [3.05, 3.63) is 138 Å². The standard InChI is InChI=1S/C34H29N3O4S/c1-20-10-16-27(21(2)18-20)36-32(38)30-22(3)35-34-37(31(30)24-11-13-25(40-4)14-12-24)33(39)29(42-34)19-26-15-17-28(41-26)23-8-6-5-7-9-23/h5-19,31H,1-4H3,(H,36,38)/b29-19+/t31-/m0/s1. The van der Waals surface area contributed by atoms with Crippen LogP contribution in [0, 0.1) is 13.8 Å². The molecule has 0 saturated heterocycles. The molecule has 2 aromatic heterocycles. The number of allylic oxidation sites excluding steroid dienone is 1. The van der Waals surface area contributed by atoms with Crippen molar-refractivity contribution in [2.75, 3.05) is 12.4 Å². The third-order valence-corrected chi connectivity index (χ3v) is 8.27. The molecule has 1 amide bonds. The van der Waals surface area contributed by atoms with Gasteiger partial charge in [0.2, 0.25) is 0 Å². The van der Waals surface area contributed by atoms with Gasteiger partial charge in [0, 0.05) is 17.3 Å². The summed E-state index contributed by atoms with van der Waals surface area (Å²) in [5.41, 5.74) is 5.20. The van der Waals surface area contributed by atoms with Gasteiger partial charge in [-0.3, -0.25) is 14.2 Å². The highest BCUT2D eigenvalue weighted by Gasteiger charge is 2.32. The zero-order chi connectivity index (χ0) is 29.4. The minimum Gasteiger partial charge on any atom is -0.497 e. The van der Waals surface area contributed by atoms with Gasteiger partial charge in [-0.2, -0.15) is 0 Å². The van der Waals surface area contributed by atoms with E-state index in [9.17, 15) is 9.59 Å². The van der Waals surface area contributed by atoms with Gasteiger partial charge in [0.25, 0.3) is 11.5 Å². The Morgan fingerprint density at radius 1 is 1.00 bits per heavy atom. The number of benzene rings is 3. The number of nitrogens with zero attached hydrogens (tertiary/aromatic N) is 2. The van der Waals surface area contributed by atoms with E-state index in [4.69, 9.17) is 14.1 Å². The largest absolute Gasteiger partial charge is 0.497 e. The van der Waals surface area contributed by atoms with Gasteiger partial charge in [-0.15, -0.1) is 0 Å². The van der Waals surface area contributed by atoms with E-state index < -0.39 is 6.04 Å². The Balaban J connectivity index is 1.45. The molecule has 7 nitrogen and oxygen atoms in total. The molecular weight excluding hydrogens is 546 g/mol. The quantitative estimate of drug-likeness (QED) is 0.279. The van der Waals surface area contributed by atoms with Gasteiger partial charge >= 0.3 is 0 Å². The number of aromatic nitrogens is 1. The Hall–Kier alpha value is -4.95. The van der Waals surface area contributed by atoms with Gasteiger partial charge in [-0.05, 0) is 62.2 Å². The summed E-state index contributed by atoms with van der Waals surface area (Å²) >= 11 is 1.27. The van der Waals surface area contributed by atoms with Crippen molar-refractivity contribution in [3.63, 3.8) is 0 Å². The fourth-order valence-corrected chi connectivity index (χ4v) is 6.20. The molecule has 6 rings (SSSR count). The minimum absolute atomic E-state index is 0.249. The zero-order valence-corrected chi connectivity index (χ0v) is 24.5. The number of methoxy groups -OCH3 is 1. The van der Waals surface area contributed by atoms with E-state index in [1.54, 1.807) is 17.8 Å². The number of nitrogens with one attached hydrogen (secondary N) is 1. The van der Waals surface area contributed by atoms with E-state index in [1.807, 2.05) is 106 Å². The summed E-state index contributed by atoms with van der Waals surface area (Å²) in [5.74, 6) is 1.65. The third kappa shape index (κ3) is 5.12. The Kier molecular flexibility index (Phi) is 7.22. The van der Waals surface area contributed by atoms with Crippen LogP contribution in [0.1, 0.15) is 35.4 Å². The lowest BCUT2D eigenvalue weighted by atomic mass is 9.95. The molecule has 1 N–H and O–H groups in total. The number of carbonyl (C=O) groups excluding carboxylic acids is 1. The first-order valence-corrected chi connectivity index (χ1v) is 14.3. The molecule has 0 bridgehead atoms. The summed E-state index contributed by atoms with van der Waals surface area (Å²) in [6, 6.07) is 26.1. The predicted octanol–water partition coefficient (Wildman–Crippen LogP) is 5.76. The highest BCUT2D eigenvalue weighted by molar-refractivity contribution is 7.07. The molecule has 3 aromatic carbocycles. The van der Waals surface area contributed by atoms with Crippen LogP contribution in [0.3, 0.4) is 0 Å². The van der Waals surface area contributed by atoms with E-state index in [-0.39, 0.29) is 11.5 Å². The number of carbonyl (C=O) groups is 1. The molecule has 0 radical (unpaired) electrons. The number of ether oxygens (including phenoxy) is 1. The molecule has 0 unspecified atom stereocenters. The van der Waals surface area contributed by atoms with Gasteiger partial charge in [-0.25, -0.2) is 4.99 Å². The number of fused-ring (bicyclic) bond motifs is 1. The van der Waals surface area contributed by atoms with Crippen molar-refractivity contribution in [2.45, 2.75) is 26.8 Å². The fraction of sp³-hybridized carbons (Fsp3) is 0.147. The lowest BCUT2D eigenvalue weighted by molar-refractivity contribution is -0.113. The Morgan fingerprint density at radius 2 is 1.76 bits per heavy atom. The highest BCUT2D eigenvalue weighted by atomic mass is 32.1. The molecular formula is C34H29N3O4S. The third-order valence-electron chi connectivity index (χ3n) is 7.29. The van der Waals surface area contributed by atoms with Gasteiger partial charge in [0.15, 0.2) is 4.80 Å². The molecule has 1 aliphatic rings. The molecule has 0 aliphatic carbocycles. The maximum absolute atomic E-state index is 14.0. The van der Waals surface area contributed by atoms with Crippen LogP contribution >= 0.6 is 11.3 Å². The van der Waals surface area contributed by atoms with Crippen molar-refractivity contribution in [2.24, 2.45) is 4.99 Å². The monoisotopic (exact) mass is 575 g/mol. The number of rotatable bonds is 6. The summed E-state index contributed by atoms with van der Waals surface area (Å²) in [6.07, 6.45) is 1.73. The summed E-state index contributed by atoms with van der Waals surface area (Å²) in [5, 5.41) is 3.06. The van der Waals surface area contributed by atoms with Crippen LogP contribution in [0.2, 0.25) is 0 Å². The molecule has 0 saturated carbocycles. The number of aryl methyl sites for hydroxylation is 2. The summed E-state index contributed by atoms with van der Waals surface area (Å²) < 4.78 is 13.5. The second kappa shape index (κ2) is 11.1. The van der Waals surface area contributed by atoms with Crippen LogP contribution in [-0.4, -0.2) is 17.6 Å². The fourth-order valence-electron chi connectivity index (χ4n) is 5.17. The van der Waals surface area contributed by atoms with Gasteiger partial charge in [0.05, 0.1) is 29.0 Å². The number of furan rings is 1. The Bertz CT molecular complexity index is 2020. The molecule has 8 heteroatoms. The molecule has 0 fully saturated rings. The van der Waals surface area contributed by atoms with Crippen LogP contribution in [0.4, 0.5) is 5.69 Å². The van der Waals surface area contributed by atoms with E-state index in [1.165, 1.54) is 11.3 Å². The lowest BCUT2D eigenvalue weighted by Gasteiger charge is -2.25. The molecule has 42 heavy (non-hydrogen) atoms. The van der Waals surface area contributed by atoms with E-state index >= 15 is 0 Å². The molecule has 5 aromatic rings. The van der Waals surface area contributed by atoms with Gasteiger partial charge < -0.3 is 14.5 Å². The van der Waals surface area contributed by atoms with E-state index in [0.29, 0.717) is 43.6 Å². The number of amides is 1. The average molecular weight is 576 g/mol. The summed E-state index contributed by atoms with van der Waals surface area (Å²) in [6.45, 7) is 5.77. The highest BCUT2D eigenvalue weighted by Crippen LogP contribution is 2.32. The Labute approximate surface area is 246 Å². The average Bonchev–Trinajstić information content (AvgIpc) is 3.58. The first kappa shape index (κ1) is 27.2. The normalized spacial score (nSPS) is 14.9. The van der Waals surface area contributed by atoms with Gasteiger partial charge in [-0.1, -0.05) is 71.5 Å². The predicted molar refractivity (Wildman–Crippen MR) is 165 cm³/mol. The van der Waals surface area contributed by atoms with Crippen molar-refractivity contribution in [3.8, 4) is 17.1 Å². The second-order valence-electron chi connectivity index (χ2n) is 10.2. The zero-order valence-electron chi connectivity index (χ0n) is 23.7. The van der Waals surface area contributed by atoms with Crippen LogP contribution in [-0.2, 0) is 4.79 Å². The van der Waals surface area contributed by atoms with Crippen molar-refractivity contribution in [1.29, 1.82) is 0 Å².